The van der Waals surface area contributed by atoms with E-state index >= 15 is 0 Å². The number of ether oxygens (including phenoxy) is 1. The van der Waals surface area contributed by atoms with Crippen molar-refractivity contribution in [2.75, 3.05) is 19.7 Å². The molecule has 1 unspecified atom stereocenters. The number of thiophene rings is 1. The van der Waals surface area contributed by atoms with Gasteiger partial charge < -0.3 is 9.64 Å². The summed E-state index contributed by atoms with van der Waals surface area (Å²) < 4.78 is 5.55. The first-order chi connectivity index (χ1) is 15.5. The number of allylic oxidation sites excluding steroid dienone is 1. The molecule has 6 nitrogen and oxygen atoms in total. The van der Waals surface area contributed by atoms with Gasteiger partial charge in [-0.25, -0.2) is 4.79 Å². The predicted octanol–water partition coefficient (Wildman–Crippen LogP) is 4.49. The Balaban J connectivity index is 1.38. The van der Waals surface area contributed by atoms with Gasteiger partial charge >= 0.3 is 6.09 Å². The lowest BCUT2D eigenvalue weighted by molar-refractivity contribution is -0.113. The number of carbonyl (C=O) groups is 2. The number of fused-ring (bicyclic) bond motifs is 1. The topological polar surface area (TPSA) is 83.3 Å². The fourth-order valence-corrected chi connectivity index (χ4v) is 5.77. The number of rotatable bonds is 6. The molecule has 4 rings (SSSR count). The maximum Gasteiger partial charge on any atom is 0.409 e. The molecule has 1 saturated heterocycles. The quantitative estimate of drug-likeness (QED) is 0.607. The molecule has 2 aromatic rings. The molecule has 2 aromatic heterocycles. The fourth-order valence-electron chi connectivity index (χ4n) is 4.34. The third-order valence-corrected chi connectivity index (χ3v) is 7.48. The van der Waals surface area contributed by atoms with Gasteiger partial charge in [0.1, 0.15) is 6.07 Å². The summed E-state index contributed by atoms with van der Waals surface area (Å²) in [5, 5.41) is 9.73. The summed E-state index contributed by atoms with van der Waals surface area (Å²) in [6.45, 7) is 3.97. The van der Waals surface area contributed by atoms with Crippen molar-refractivity contribution in [3.63, 3.8) is 0 Å². The van der Waals surface area contributed by atoms with Gasteiger partial charge in [0.15, 0.2) is 5.78 Å². The van der Waals surface area contributed by atoms with Gasteiger partial charge in [0.25, 0.3) is 0 Å². The van der Waals surface area contributed by atoms with Crippen molar-refractivity contribution in [1.29, 1.82) is 5.26 Å². The molecule has 1 amide bonds. The SMILES string of the molecule is Cc1ccncc1/C=C/C(=O)Cc1sc2c(c1C#N)CCC(COC(=O)N1CCCC1)C2. The van der Waals surface area contributed by atoms with Crippen LogP contribution < -0.4 is 0 Å². The number of amides is 1. The summed E-state index contributed by atoms with van der Waals surface area (Å²) in [5.74, 6) is 0.232. The molecule has 0 bridgehead atoms. The molecular formula is C25H27N3O3S. The first kappa shape index (κ1) is 22.2. The van der Waals surface area contributed by atoms with Gasteiger partial charge in [0.2, 0.25) is 0 Å². The number of carbonyl (C=O) groups excluding carboxylic acids is 2. The Hall–Kier alpha value is -2.98. The third-order valence-electron chi connectivity index (χ3n) is 6.22. The van der Waals surface area contributed by atoms with E-state index in [1.54, 1.807) is 40.8 Å². The van der Waals surface area contributed by atoms with E-state index in [0.717, 1.165) is 71.6 Å². The highest BCUT2D eigenvalue weighted by Crippen LogP contribution is 2.36. The number of aromatic nitrogens is 1. The van der Waals surface area contributed by atoms with Crippen LogP contribution in [0.2, 0.25) is 0 Å². The van der Waals surface area contributed by atoms with E-state index in [0.29, 0.717) is 12.2 Å². The van der Waals surface area contributed by atoms with Crippen LogP contribution in [0.1, 0.15) is 51.3 Å². The standard InChI is InChI=1S/C25H27N3O3S/c1-17-8-9-27-15-19(17)5-6-20(29)13-24-22(14-26)21-7-4-18(12-23(21)32-24)16-31-25(30)28-10-2-3-11-28/h5-6,8-9,15,18H,2-4,7,10-13,16H2,1H3/b6-5+. The Morgan fingerprint density at radius 3 is 2.94 bits per heavy atom. The van der Waals surface area contributed by atoms with Gasteiger partial charge in [-0.3, -0.25) is 9.78 Å². The number of hydrogen-bond acceptors (Lipinski definition) is 6. The Labute approximate surface area is 192 Å². The van der Waals surface area contributed by atoms with Crippen LogP contribution in [0, 0.1) is 24.2 Å². The van der Waals surface area contributed by atoms with Gasteiger partial charge in [0.05, 0.1) is 12.2 Å². The Bertz CT molecular complexity index is 1080. The largest absolute Gasteiger partial charge is 0.449 e. The number of pyridine rings is 1. The summed E-state index contributed by atoms with van der Waals surface area (Å²) in [6, 6.07) is 4.23. The monoisotopic (exact) mass is 449 g/mol. The van der Waals surface area contributed by atoms with E-state index in [2.05, 4.69) is 11.1 Å². The Morgan fingerprint density at radius 1 is 1.38 bits per heavy atom. The molecule has 0 N–H and O–H groups in total. The smallest absolute Gasteiger partial charge is 0.409 e. The number of ketones is 1. The molecule has 1 aliphatic heterocycles. The number of hydrogen-bond donors (Lipinski definition) is 0. The highest BCUT2D eigenvalue weighted by Gasteiger charge is 2.28. The summed E-state index contributed by atoms with van der Waals surface area (Å²) in [4.78, 5) is 32.6. The molecule has 0 saturated carbocycles. The highest BCUT2D eigenvalue weighted by atomic mass is 32.1. The molecular weight excluding hydrogens is 422 g/mol. The van der Waals surface area contributed by atoms with Gasteiger partial charge in [-0.15, -0.1) is 11.3 Å². The highest BCUT2D eigenvalue weighted by molar-refractivity contribution is 7.12. The normalized spacial score (nSPS) is 17.9. The summed E-state index contributed by atoms with van der Waals surface area (Å²) in [5.41, 5.74) is 3.72. The lowest BCUT2D eigenvalue weighted by Gasteiger charge is -2.23. The Morgan fingerprint density at radius 2 is 2.19 bits per heavy atom. The lowest BCUT2D eigenvalue weighted by atomic mass is 9.87. The summed E-state index contributed by atoms with van der Waals surface area (Å²) in [7, 11) is 0. The van der Waals surface area contributed by atoms with Crippen molar-refractivity contribution < 1.29 is 14.3 Å². The van der Waals surface area contributed by atoms with E-state index in [1.807, 2.05) is 13.0 Å². The van der Waals surface area contributed by atoms with Crippen molar-refractivity contribution in [3.05, 3.63) is 56.5 Å². The van der Waals surface area contributed by atoms with Gasteiger partial charge in [-0.1, -0.05) is 0 Å². The fraction of sp³-hybridized carbons (Fsp3) is 0.440. The van der Waals surface area contributed by atoms with Crippen LogP contribution in [0.4, 0.5) is 4.79 Å². The third kappa shape index (κ3) is 5.08. The summed E-state index contributed by atoms with van der Waals surface area (Å²) >= 11 is 1.56. The number of aryl methyl sites for hydroxylation is 1. The molecule has 166 valence electrons. The van der Waals surface area contributed by atoms with Crippen LogP contribution in [0.3, 0.4) is 0 Å². The maximum absolute atomic E-state index is 12.6. The van der Waals surface area contributed by atoms with Crippen LogP contribution in [0.25, 0.3) is 6.08 Å². The molecule has 7 heteroatoms. The average Bonchev–Trinajstić information content (AvgIpc) is 3.44. The second kappa shape index (κ2) is 10.1. The molecule has 1 atom stereocenters. The molecule has 0 radical (unpaired) electrons. The zero-order valence-electron chi connectivity index (χ0n) is 18.3. The van der Waals surface area contributed by atoms with E-state index < -0.39 is 0 Å². The van der Waals surface area contributed by atoms with Gasteiger partial charge in [-0.2, -0.15) is 5.26 Å². The Kier molecular flexibility index (Phi) is 7.01. The van der Waals surface area contributed by atoms with Crippen LogP contribution in [0.15, 0.2) is 24.5 Å². The molecule has 0 aromatic carbocycles. The lowest BCUT2D eigenvalue weighted by Crippen LogP contribution is -2.30. The van der Waals surface area contributed by atoms with Gasteiger partial charge in [-0.05, 0) is 79.9 Å². The van der Waals surface area contributed by atoms with E-state index in [1.165, 1.54) is 0 Å². The molecule has 2 aliphatic rings. The van der Waals surface area contributed by atoms with E-state index in [4.69, 9.17) is 4.74 Å². The van der Waals surface area contributed by atoms with Crippen molar-refractivity contribution in [1.82, 2.24) is 9.88 Å². The zero-order valence-corrected chi connectivity index (χ0v) is 19.1. The molecule has 0 spiro atoms. The zero-order chi connectivity index (χ0) is 22.5. The average molecular weight is 450 g/mol. The first-order valence-electron chi connectivity index (χ1n) is 11.1. The van der Waals surface area contributed by atoms with Crippen molar-refractivity contribution in [2.24, 2.45) is 5.92 Å². The minimum Gasteiger partial charge on any atom is -0.449 e. The molecule has 32 heavy (non-hydrogen) atoms. The van der Waals surface area contributed by atoms with Crippen LogP contribution in [-0.4, -0.2) is 41.5 Å². The van der Waals surface area contributed by atoms with Crippen molar-refractivity contribution in [2.45, 2.75) is 45.4 Å². The number of likely N-dealkylation sites (tertiary alicyclic amines) is 1. The van der Waals surface area contributed by atoms with Crippen molar-refractivity contribution >= 4 is 29.3 Å². The van der Waals surface area contributed by atoms with Crippen molar-refractivity contribution in [3.8, 4) is 6.07 Å². The molecule has 1 fully saturated rings. The van der Waals surface area contributed by atoms with E-state index in [-0.39, 0.29) is 24.2 Å². The predicted molar refractivity (Wildman–Crippen MR) is 123 cm³/mol. The van der Waals surface area contributed by atoms with Crippen LogP contribution in [0.5, 0.6) is 0 Å². The second-order valence-electron chi connectivity index (χ2n) is 8.50. The van der Waals surface area contributed by atoms with Crippen LogP contribution in [-0.2, 0) is 28.8 Å². The minimum atomic E-state index is -0.209. The van der Waals surface area contributed by atoms with Crippen LogP contribution >= 0.6 is 11.3 Å². The molecule has 1 aliphatic carbocycles. The minimum absolute atomic E-state index is 0.0283. The number of nitrogens with zero attached hydrogens (tertiary/aromatic N) is 3. The van der Waals surface area contributed by atoms with Gasteiger partial charge in [0, 0.05) is 41.7 Å². The number of nitriles is 1. The first-order valence-corrected chi connectivity index (χ1v) is 11.9. The van der Waals surface area contributed by atoms with E-state index in [9.17, 15) is 14.9 Å². The maximum atomic E-state index is 12.6. The summed E-state index contributed by atoms with van der Waals surface area (Å²) in [6.07, 6.45) is 11.4. The molecule has 3 heterocycles. The second-order valence-corrected chi connectivity index (χ2v) is 9.69.